The van der Waals surface area contributed by atoms with Crippen LogP contribution in [0.1, 0.15) is 12.8 Å². The molecule has 2 heterocycles. The highest BCUT2D eigenvalue weighted by molar-refractivity contribution is 14.0. The van der Waals surface area contributed by atoms with E-state index < -0.39 is 0 Å². The molecule has 1 aromatic rings. The number of hydrogen-bond acceptors (Lipinski definition) is 3. The molecule has 24 heavy (non-hydrogen) atoms. The summed E-state index contributed by atoms with van der Waals surface area (Å²) in [7, 11) is 1.79. The van der Waals surface area contributed by atoms with Crippen LogP contribution in [0.5, 0.6) is 5.75 Å². The van der Waals surface area contributed by atoms with E-state index >= 15 is 0 Å². The Labute approximate surface area is 159 Å². The largest absolute Gasteiger partial charge is 0.489 e. The Morgan fingerprint density at radius 3 is 2.96 bits per heavy atom. The zero-order valence-corrected chi connectivity index (χ0v) is 16.3. The molecule has 1 aromatic carbocycles. The van der Waals surface area contributed by atoms with E-state index in [4.69, 9.17) is 9.47 Å². The van der Waals surface area contributed by atoms with Crippen molar-refractivity contribution in [1.29, 1.82) is 0 Å². The van der Waals surface area contributed by atoms with Crippen LogP contribution in [0.25, 0.3) is 0 Å². The van der Waals surface area contributed by atoms with Crippen molar-refractivity contribution < 1.29 is 13.9 Å². The molecule has 2 aliphatic heterocycles. The SMILES string of the molecule is CN=C(NCCOc1ccccc1F)N1CCC2(CCOC2)C1.I. The lowest BCUT2D eigenvalue weighted by Gasteiger charge is -2.24. The van der Waals surface area contributed by atoms with Crippen LogP contribution in [0.15, 0.2) is 29.3 Å². The standard InChI is InChI=1S/C17H24FN3O2.HI/c1-19-16(21-9-6-17(12-21)7-10-22-13-17)20-8-11-23-15-5-3-2-4-14(15)18;/h2-5H,6-13H2,1H3,(H,19,20);1H. The van der Waals surface area contributed by atoms with Crippen LogP contribution in [0.3, 0.4) is 0 Å². The Morgan fingerprint density at radius 1 is 1.42 bits per heavy atom. The van der Waals surface area contributed by atoms with Gasteiger partial charge >= 0.3 is 0 Å². The van der Waals surface area contributed by atoms with E-state index in [1.54, 1.807) is 25.2 Å². The monoisotopic (exact) mass is 449 g/mol. The van der Waals surface area contributed by atoms with Crippen LogP contribution in [0.2, 0.25) is 0 Å². The Morgan fingerprint density at radius 2 is 2.25 bits per heavy atom. The lowest BCUT2D eigenvalue weighted by atomic mass is 9.87. The minimum Gasteiger partial charge on any atom is -0.489 e. The number of para-hydroxylation sites is 1. The molecule has 1 N–H and O–H groups in total. The van der Waals surface area contributed by atoms with Gasteiger partial charge in [0.05, 0.1) is 13.2 Å². The number of nitrogens with zero attached hydrogens (tertiary/aromatic N) is 2. The van der Waals surface area contributed by atoms with Crippen LogP contribution >= 0.6 is 24.0 Å². The van der Waals surface area contributed by atoms with Crippen LogP contribution in [0, 0.1) is 11.2 Å². The van der Waals surface area contributed by atoms with Gasteiger partial charge in [0.2, 0.25) is 0 Å². The van der Waals surface area contributed by atoms with E-state index in [0.717, 1.165) is 45.1 Å². The topological polar surface area (TPSA) is 46.1 Å². The van der Waals surface area contributed by atoms with E-state index in [-0.39, 0.29) is 35.5 Å². The first kappa shape index (κ1) is 19.2. The number of hydrogen-bond donors (Lipinski definition) is 1. The number of benzene rings is 1. The fourth-order valence-electron chi connectivity index (χ4n) is 3.31. The molecule has 7 heteroatoms. The van der Waals surface area contributed by atoms with E-state index in [0.29, 0.717) is 18.6 Å². The third kappa shape index (κ3) is 4.50. The van der Waals surface area contributed by atoms with Crippen molar-refractivity contribution in [3.63, 3.8) is 0 Å². The van der Waals surface area contributed by atoms with Crippen molar-refractivity contribution in [1.82, 2.24) is 10.2 Å². The maximum atomic E-state index is 13.5. The Kier molecular flexibility index (Phi) is 7.09. The predicted molar refractivity (Wildman–Crippen MR) is 103 cm³/mol. The summed E-state index contributed by atoms with van der Waals surface area (Å²) in [4.78, 5) is 6.62. The van der Waals surface area contributed by atoms with Crippen molar-refractivity contribution in [3.05, 3.63) is 30.1 Å². The van der Waals surface area contributed by atoms with Crippen molar-refractivity contribution in [2.45, 2.75) is 12.8 Å². The number of nitrogens with one attached hydrogen (secondary N) is 1. The molecule has 1 unspecified atom stereocenters. The van der Waals surface area contributed by atoms with Crippen LogP contribution in [-0.4, -0.2) is 57.4 Å². The highest BCUT2D eigenvalue weighted by Crippen LogP contribution is 2.38. The predicted octanol–water partition coefficient (Wildman–Crippen LogP) is 2.51. The second-order valence-electron chi connectivity index (χ2n) is 6.23. The fourth-order valence-corrected chi connectivity index (χ4v) is 3.31. The van der Waals surface area contributed by atoms with Crippen LogP contribution < -0.4 is 10.1 Å². The van der Waals surface area contributed by atoms with Gasteiger partial charge in [-0.1, -0.05) is 12.1 Å². The molecule has 5 nitrogen and oxygen atoms in total. The van der Waals surface area contributed by atoms with Crippen LogP contribution in [-0.2, 0) is 4.74 Å². The van der Waals surface area contributed by atoms with Gasteiger partial charge in [0, 0.05) is 32.2 Å². The summed E-state index contributed by atoms with van der Waals surface area (Å²) in [5.41, 5.74) is 0.307. The molecule has 2 saturated heterocycles. The van der Waals surface area contributed by atoms with Gasteiger partial charge in [0.15, 0.2) is 17.5 Å². The highest BCUT2D eigenvalue weighted by atomic mass is 127. The van der Waals surface area contributed by atoms with Crippen molar-refractivity contribution in [2.75, 3.05) is 46.5 Å². The van der Waals surface area contributed by atoms with E-state index in [9.17, 15) is 4.39 Å². The Balaban J connectivity index is 0.00000208. The lowest BCUT2D eigenvalue weighted by Crippen LogP contribution is -2.42. The molecule has 0 bridgehead atoms. The summed E-state index contributed by atoms with van der Waals surface area (Å²) in [6.45, 7) is 4.69. The zero-order valence-electron chi connectivity index (χ0n) is 14.0. The molecule has 1 atom stereocenters. The maximum absolute atomic E-state index is 13.5. The summed E-state index contributed by atoms with van der Waals surface area (Å²) < 4.78 is 24.5. The highest BCUT2D eigenvalue weighted by Gasteiger charge is 2.42. The average molecular weight is 449 g/mol. The smallest absolute Gasteiger partial charge is 0.193 e. The molecule has 0 aromatic heterocycles. The van der Waals surface area contributed by atoms with E-state index in [2.05, 4.69) is 15.2 Å². The third-order valence-electron chi connectivity index (χ3n) is 4.61. The molecule has 2 aliphatic rings. The Hall–Kier alpha value is -1.09. The molecule has 0 amide bonds. The minimum absolute atomic E-state index is 0. The molecule has 134 valence electrons. The number of aliphatic imine (C=N–C) groups is 1. The van der Waals surface area contributed by atoms with Gasteiger partial charge in [-0.25, -0.2) is 4.39 Å². The number of halogens is 2. The molecule has 3 rings (SSSR count). The minimum atomic E-state index is -0.334. The second-order valence-corrected chi connectivity index (χ2v) is 6.23. The molecular weight excluding hydrogens is 424 g/mol. The molecule has 0 saturated carbocycles. The van der Waals surface area contributed by atoms with E-state index in [1.165, 1.54) is 6.07 Å². The quantitative estimate of drug-likeness (QED) is 0.332. The van der Waals surface area contributed by atoms with Crippen molar-refractivity contribution in [2.24, 2.45) is 10.4 Å². The summed E-state index contributed by atoms with van der Waals surface area (Å²) in [5, 5.41) is 3.30. The average Bonchev–Trinajstić information content (AvgIpc) is 3.20. The lowest BCUT2D eigenvalue weighted by molar-refractivity contribution is 0.156. The Bertz CT molecular complexity index is 565. The van der Waals surface area contributed by atoms with Gasteiger partial charge in [-0.2, -0.15) is 0 Å². The second kappa shape index (κ2) is 8.84. The summed E-state index contributed by atoms with van der Waals surface area (Å²) in [6, 6.07) is 6.44. The third-order valence-corrected chi connectivity index (χ3v) is 4.61. The molecule has 1 spiro atoms. The first-order valence-electron chi connectivity index (χ1n) is 8.13. The number of ether oxygens (including phenoxy) is 2. The fraction of sp³-hybridized carbons (Fsp3) is 0.588. The summed E-state index contributed by atoms with van der Waals surface area (Å²) in [6.07, 6.45) is 2.29. The summed E-state index contributed by atoms with van der Waals surface area (Å²) in [5.74, 6) is 0.832. The number of likely N-dealkylation sites (tertiary alicyclic amines) is 1. The molecule has 2 fully saturated rings. The van der Waals surface area contributed by atoms with Crippen LogP contribution in [0.4, 0.5) is 4.39 Å². The molecular formula is C17H25FIN3O2. The van der Waals surface area contributed by atoms with Crippen molar-refractivity contribution >= 4 is 29.9 Å². The maximum Gasteiger partial charge on any atom is 0.193 e. The van der Waals surface area contributed by atoms with Gasteiger partial charge < -0.3 is 19.7 Å². The van der Waals surface area contributed by atoms with Crippen molar-refractivity contribution in [3.8, 4) is 5.75 Å². The molecule has 0 radical (unpaired) electrons. The van der Waals surface area contributed by atoms with Gasteiger partial charge in [-0.15, -0.1) is 24.0 Å². The van der Waals surface area contributed by atoms with Gasteiger partial charge in [0.25, 0.3) is 0 Å². The van der Waals surface area contributed by atoms with Gasteiger partial charge in [-0.3, -0.25) is 4.99 Å². The van der Waals surface area contributed by atoms with E-state index in [1.807, 2.05) is 0 Å². The van der Waals surface area contributed by atoms with Gasteiger partial charge in [-0.05, 0) is 25.0 Å². The van der Waals surface area contributed by atoms with Gasteiger partial charge in [0.1, 0.15) is 6.61 Å². The molecule has 0 aliphatic carbocycles. The first-order chi connectivity index (χ1) is 11.2. The summed E-state index contributed by atoms with van der Waals surface area (Å²) >= 11 is 0. The first-order valence-corrected chi connectivity index (χ1v) is 8.13. The number of guanidine groups is 1. The number of rotatable bonds is 4. The zero-order chi connectivity index (χ0) is 16.1. The normalized spacial score (nSPS) is 23.4.